The van der Waals surface area contributed by atoms with Gasteiger partial charge in [0.2, 0.25) is 0 Å². The van der Waals surface area contributed by atoms with Crippen LogP contribution in [0.15, 0.2) is 29.6 Å². The first-order valence-electron chi connectivity index (χ1n) is 5.62. The highest BCUT2D eigenvalue weighted by Crippen LogP contribution is 2.36. The number of thiophene rings is 1. The van der Waals surface area contributed by atoms with Crippen molar-refractivity contribution in [2.45, 2.75) is 6.04 Å². The number of rotatable bonds is 5. The van der Waals surface area contributed by atoms with Crippen LogP contribution in [0.5, 0.6) is 11.5 Å². The smallest absolute Gasteiger partial charge is 0.170 e. The molecule has 4 nitrogen and oxygen atoms in total. The van der Waals surface area contributed by atoms with E-state index < -0.39 is 11.9 Å². The number of hydrogen-bond donors (Lipinski definition) is 2. The molecule has 19 heavy (non-hydrogen) atoms. The zero-order valence-electron chi connectivity index (χ0n) is 10.6. The highest BCUT2D eigenvalue weighted by atomic mass is 32.1. The number of nitrogens with one attached hydrogen (secondary N) is 1. The summed E-state index contributed by atoms with van der Waals surface area (Å²) in [4.78, 5) is 0.817. The van der Waals surface area contributed by atoms with Gasteiger partial charge in [0.25, 0.3) is 0 Å². The number of ether oxygens (including phenoxy) is 2. The van der Waals surface area contributed by atoms with E-state index in [-0.39, 0.29) is 5.75 Å². The highest BCUT2D eigenvalue weighted by molar-refractivity contribution is 7.10. The van der Waals surface area contributed by atoms with Gasteiger partial charge in [0.15, 0.2) is 11.6 Å². The molecule has 2 rings (SSSR count). The van der Waals surface area contributed by atoms with Crippen LogP contribution in [0.1, 0.15) is 16.5 Å². The zero-order chi connectivity index (χ0) is 13.8. The minimum atomic E-state index is -0.481. The van der Waals surface area contributed by atoms with Gasteiger partial charge in [0, 0.05) is 5.56 Å². The van der Waals surface area contributed by atoms with Crippen molar-refractivity contribution < 1.29 is 13.9 Å². The first-order valence-corrected chi connectivity index (χ1v) is 6.50. The molecule has 2 aromatic rings. The lowest BCUT2D eigenvalue weighted by Gasteiger charge is -2.18. The molecule has 6 heteroatoms. The molecule has 1 aromatic carbocycles. The van der Waals surface area contributed by atoms with Crippen LogP contribution in [0, 0.1) is 5.82 Å². The molecular formula is C13H15FN2O2S. The summed E-state index contributed by atoms with van der Waals surface area (Å²) in [6.45, 7) is 0. The Morgan fingerprint density at radius 1 is 1.21 bits per heavy atom. The van der Waals surface area contributed by atoms with E-state index in [2.05, 4.69) is 5.43 Å². The first kappa shape index (κ1) is 13.8. The summed E-state index contributed by atoms with van der Waals surface area (Å²) in [5.74, 6) is 6.01. The fraction of sp³-hybridized carbons (Fsp3) is 0.231. The number of hydrogen-bond acceptors (Lipinski definition) is 5. The zero-order valence-corrected chi connectivity index (χ0v) is 11.5. The predicted molar refractivity (Wildman–Crippen MR) is 73.0 cm³/mol. The topological polar surface area (TPSA) is 56.5 Å². The van der Waals surface area contributed by atoms with E-state index in [0.717, 1.165) is 4.88 Å². The van der Waals surface area contributed by atoms with Crippen LogP contribution in [0.2, 0.25) is 0 Å². The van der Waals surface area contributed by atoms with Crippen LogP contribution >= 0.6 is 11.3 Å². The van der Waals surface area contributed by atoms with Crippen LogP contribution in [0.3, 0.4) is 0 Å². The average Bonchev–Trinajstić information content (AvgIpc) is 2.90. The quantitative estimate of drug-likeness (QED) is 0.653. The standard InChI is InChI=1S/C13H15FN2O2S/c1-17-9-5-3-4-8(11(9)14)12(16-15)13-10(18-2)6-7-19-13/h3-7,12,16H,15H2,1-2H3. The van der Waals surface area contributed by atoms with E-state index >= 15 is 0 Å². The van der Waals surface area contributed by atoms with Gasteiger partial charge < -0.3 is 9.47 Å². The van der Waals surface area contributed by atoms with E-state index in [1.165, 1.54) is 18.4 Å². The lowest BCUT2D eigenvalue weighted by atomic mass is 10.0. The van der Waals surface area contributed by atoms with Gasteiger partial charge in [-0.1, -0.05) is 12.1 Å². The molecule has 0 bridgehead atoms. The largest absolute Gasteiger partial charge is 0.496 e. The van der Waals surface area contributed by atoms with Crippen LogP contribution in [-0.4, -0.2) is 14.2 Å². The maximum Gasteiger partial charge on any atom is 0.170 e. The van der Waals surface area contributed by atoms with Crippen LogP contribution in [-0.2, 0) is 0 Å². The van der Waals surface area contributed by atoms with E-state index in [1.807, 2.05) is 11.4 Å². The minimum absolute atomic E-state index is 0.188. The van der Waals surface area contributed by atoms with Crippen molar-refractivity contribution >= 4 is 11.3 Å². The Hall–Kier alpha value is -1.63. The van der Waals surface area contributed by atoms with Gasteiger partial charge in [0.05, 0.1) is 25.1 Å². The van der Waals surface area contributed by atoms with Crippen molar-refractivity contribution in [2.24, 2.45) is 5.84 Å². The Balaban J connectivity index is 2.48. The SMILES string of the molecule is COc1ccsc1C(NN)c1cccc(OC)c1F. The van der Waals surface area contributed by atoms with Gasteiger partial charge in [0.1, 0.15) is 5.75 Å². The Bertz CT molecular complexity index is 559. The van der Waals surface area contributed by atoms with Gasteiger partial charge in [-0.15, -0.1) is 11.3 Å². The van der Waals surface area contributed by atoms with Crippen LogP contribution in [0.25, 0.3) is 0 Å². The number of benzene rings is 1. The fourth-order valence-corrected chi connectivity index (χ4v) is 2.84. The van der Waals surface area contributed by atoms with E-state index in [0.29, 0.717) is 11.3 Å². The molecule has 3 N–H and O–H groups in total. The van der Waals surface area contributed by atoms with E-state index in [4.69, 9.17) is 15.3 Å². The second-order valence-electron chi connectivity index (χ2n) is 3.82. The normalized spacial score (nSPS) is 12.2. The summed E-state index contributed by atoms with van der Waals surface area (Å²) in [5.41, 5.74) is 3.04. The van der Waals surface area contributed by atoms with Gasteiger partial charge in [-0.2, -0.15) is 0 Å². The Labute approximate surface area is 114 Å². The van der Waals surface area contributed by atoms with Gasteiger partial charge in [-0.05, 0) is 17.5 Å². The highest BCUT2D eigenvalue weighted by Gasteiger charge is 2.23. The van der Waals surface area contributed by atoms with Crippen molar-refractivity contribution in [1.82, 2.24) is 5.43 Å². The Morgan fingerprint density at radius 3 is 2.58 bits per heavy atom. The van der Waals surface area contributed by atoms with Gasteiger partial charge >= 0.3 is 0 Å². The second-order valence-corrected chi connectivity index (χ2v) is 4.76. The maximum atomic E-state index is 14.3. The molecule has 0 aliphatic heterocycles. The number of halogens is 1. The summed E-state index contributed by atoms with van der Waals surface area (Å²) in [6, 6.07) is 6.30. The molecule has 102 valence electrons. The lowest BCUT2D eigenvalue weighted by Crippen LogP contribution is -2.29. The summed E-state index contributed by atoms with van der Waals surface area (Å²) in [7, 11) is 3.00. The molecule has 1 atom stereocenters. The van der Waals surface area contributed by atoms with Gasteiger partial charge in [-0.3, -0.25) is 5.84 Å². The molecule has 0 spiro atoms. The van der Waals surface area contributed by atoms with Gasteiger partial charge in [-0.25, -0.2) is 9.82 Å². The summed E-state index contributed by atoms with van der Waals surface area (Å²) in [6.07, 6.45) is 0. The molecule has 1 unspecified atom stereocenters. The van der Waals surface area contributed by atoms with Crippen molar-refractivity contribution in [3.05, 3.63) is 45.9 Å². The third kappa shape index (κ3) is 2.56. The molecule has 0 radical (unpaired) electrons. The third-order valence-electron chi connectivity index (χ3n) is 2.83. The Kier molecular flexibility index (Phi) is 4.36. The monoisotopic (exact) mass is 282 g/mol. The molecule has 1 heterocycles. The first-order chi connectivity index (χ1) is 9.22. The lowest BCUT2D eigenvalue weighted by molar-refractivity contribution is 0.380. The molecular weight excluding hydrogens is 267 g/mol. The molecule has 0 fully saturated rings. The minimum Gasteiger partial charge on any atom is -0.496 e. The molecule has 0 aliphatic rings. The predicted octanol–water partition coefficient (Wildman–Crippen LogP) is 2.46. The number of hydrazine groups is 1. The van der Waals surface area contributed by atoms with E-state index in [1.54, 1.807) is 25.3 Å². The average molecular weight is 282 g/mol. The summed E-state index contributed by atoms with van der Waals surface area (Å²) < 4.78 is 24.5. The second kappa shape index (κ2) is 6.01. The molecule has 0 aliphatic carbocycles. The third-order valence-corrected chi connectivity index (χ3v) is 3.79. The summed E-state index contributed by atoms with van der Waals surface area (Å²) in [5, 5.41) is 1.87. The van der Waals surface area contributed by atoms with E-state index in [9.17, 15) is 4.39 Å². The number of nitrogens with two attached hydrogens (primary N) is 1. The summed E-state index contributed by atoms with van der Waals surface area (Å²) >= 11 is 1.45. The molecule has 0 amide bonds. The Morgan fingerprint density at radius 2 is 1.95 bits per heavy atom. The number of methoxy groups -OCH3 is 2. The molecule has 0 saturated carbocycles. The van der Waals surface area contributed by atoms with Crippen LogP contribution in [0.4, 0.5) is 4.39 Å². The molecule has 0 saturated heterocycles. The van der Waals surface area contributed by atoms with Crippen molar-refractivity contribution in [3.8, 4) is 11.5 Å². The van der Waals surface area contributed by atoms with Crippen molar-refractivity contribution in [2.75, 3.05) is 14.2 Å². The van der Waals surface area contributed by atoms with Crippen molar-refractivity contribution in [1.29, 1.82) is 0 Å². The van der Waals surface area contributed by atoms with Crippen LogP contribution < -0.4 is 20.7 Å². The maximum absolute atomic E-state index is 14.3. The fourth-order valence-electron chi connectivity index (χ4n) is 1.90. The van der Waals surface area contributed by atoms with Crippen molar-refractivity contribution in [3.63, 3.8) is 0 Å². The molecule has 1 aromatic heterocycles.